The summed E-state index contributed by atoms with van der Waals surface area (Å²) >= 11 is 1.37. The average molecular weight is 439 g/mol. The molecule has 162 valence electrons. The van der Waals surface area contributed by atoms with Crippen molar-refractivity contribution in [2.24, 2.45) is 5.92 Å². The van der Waals surface area contributed by atoms with Crippen molar-refractivity contribution in [2.75, 3.05) is 11.9 Å². The number of anilines is 1. The van der Waals surface area contributed by atoms with Gasteiger partial charge in [-0.1, -0.05) is 38.1 Å². The Balaban J connectivity index is 1.51. The van der Waals surface area contributed by atoms with Crippen LogP contribution in [0.2, 0.25) is 0 Å². The van der Waals surface area contributed by atoms with Crippen LogP contribution >= 0.6 is 11.3 Å². The van der Waals surface area contributed by atoms with Crippen LogP contribution in [0.1, 0.15) is 40.5 Å². The fourth-order valence-electron chi connectivity index (χ4n) is 2.74. The third kappa shape index (κ3) is 6.93. The number of esters is 1. The second kappa shape index (κ2) is 10.7. The Labute approximate surface area is 186 Å². The van der Waals surface area contributed by atoms with Gasteiger partial charge >= 0.3 is 5.97 Å². The van der Waals surface area contributed by atoms with Crippen LogP contribution in [0.5, 0.6) is 5.75 Å². The topological polar surface area (TPSA) is 77.5 Å². The molecule has 0 fully saturated rings. The molecule has 0 bridgehead atoms. The third-order valence-electron chi connectivity index (χ3n) is 4.33. The van der Waals surface area contributed by atoms with E-state index in [-0.39, 0.29) is 18.9 Å². The van der Waals surface area contributed by atoms with Gasteiger partial charge in [0.2, 0.25) is 5.91 Å². The van der Waals surface area contributed by atoms with E-state index < -0.39 is 5.97 Å². The number of para-hydroxylation sites is 1. The smallest absolute Gasteiger partial charge is 0.338 e. The molecule has 0 spiro atoms. The predicted molar refractivity (Wildman–Crippen MR) is 122 cm³/mol. The Morgan fingerprint density at radius 1 is 1.13 bits per heavy atom. The molecule has 7 heteroatoms. The van der Waals surface area contributed by atoms with E-state index in [1.807, 2.05) is 37.3 Å². The van der Waals surface area contributed by atoms with Crippen molar-refractivity contribution in [2.45, 2.75) is 33.8 Å². The van der Waals surface area contributed by atoms with Crippen LogP contribution in [-0.2, 0) is 22.6 Å². The first-order valence-corrected chi connectivity index (χ1v) is 11.0. The summed E-state index contributed by atoms with van der Waals surface area (Å²) < 4.78 is 11.0. The number of carbonyl (C=O) groups excluding carboxylic acids is 2. The number of thiazole rings is 1. The quantitative estimate of drug-likeness (QED) is 0.475. The number of carbonyl (C=O) groups is 2. The third-order valence-corrected chi connectivity index (χ3v) is 5.23. The summed E-state index contributed by atoms with van der Waals surface area (Å²) in [6.07, 6.45) is 0.169. The second-order valence-electron chi connectivity index (χ2n) is 7.58. The molecule has 2 aromatic carbocycles. The molecule has 0 radical (unpaired) electrons. The summed E-state index contributed by atoms with van der Waals surface area (Å²) in [5.41, 5.74) is 2.83. The first-order valence-electron chi connectivity index (χ1n) is 10.1. The van der Waals surface area contributed by atoms with Gasteiger partial charge in [-0.2, -0.15) is 0 Å². The lowest BCUT2D eigenvalue weighted by atomic mass is 10.2. The lowest BCUT2D eigenvalue weighted by Crippen LogP contribution is -2.15. The minimum atomic E-state index is -0.443. The molecule has 1 N–H and O–H groups in total. The average Bonchev–Trinajstić information content (AvgIpc) is 3.19. The molecule has 3 rings (SSSR count). The number of nitrogens with zero attached hydrogens (tertiary/aromatic N) is 1. The van der Waals surface area contributed by atoms with Crippen LogP contribution in [0.25, 0.3) is 0 Å². The van der Waals surface area contributed by atoms with Gasteiger partial charge in [0, 0.05) is 11.1 Å². The SMILES string of the molecule is Cc1ccccc1NC(=O)Cc1nc(COC(=O)c2cccc(OCC(C)C)c2)cs1. The number of rotatable bonds is 9. The van der Waals surface area contributed by atoms with E-state index in [0.717, 1.165) is 11.3 Å². The highest BCUT2D eigenvalue weighted by atomic mass is 32.1. The number of benzene rings is 2. The monoisotopic (exact) mass is 438 g/mol. The van der Waals surface area contributed by atoms with Crippen molar-refractivity contribution in [1.29, 1.82) is 0 Å². The van der Waals surface area contributed by atoms with Crippen LogP contribution in [0.15, 0.2) is 53.9 Å². The zero-order chi connectivity index (χ0) is 22.2. The highest BCUT2D eigenvalue weighted by Crippen LogP contribution is 2.18. The molecule has 1 heterocycles. The molecule has 3 aromatic rings. The van der Waals surface area contributed by atoms with Crippen LogP contribution in [-0.4, -0.2) is 23.5 Å². The summed E-state index contributed by atoms with van der Waals surface area (Å²) in [5.74, 6) is 0.458. The summed E-state index contributed by atoms with van der Waals surface area (Å²) in [6, 6.07) is 14.5. The normalized spacial score (nSPS) is 10.7. The van der Waals surface area contributed by atoms with Crippen molar-refractivity contribution in [3.8, 4) is 5.75 Å². The predicted octanol–water partition coefficient (Wildman–Crippen LogP) is 5.02. The van der Waals surface area contributed by atoms with Crippen molar-refractivity contribution in [1.82, 2.24) is 4.98 Å². The zero-order valence-electron chi connectivity index (χ0n) is 17.9. The van der Waals surface area contributed by atoms with Gasteiger partial charge in [-0.15, -0.1) is 11.3 Å². The van der Waals surface area contributed by atoms with Crippen LogP contribution < -0.4 is 10.1 Å². The number of amides is 1. The summed E-state index contributed by atoms with van der Waals surface area (Å²) in [6.45, 7) is 6.69. The number of ether oxygens (including phenoxy) is 2. The molecule has 31 heavy (non-hydrogen) atoms. The minimum Gasteiger partial charge on any atom is -0.493 e. The van der Waals surface area contributed by atoms with Gasteiger partial charge in [-0.05, 0) is 42.7 Å². The molecule has 1 aromatic heterocycles. The van der Waals surface area contributed by atoms with E-state index in [1.165, 1.54) is 11.3 Å². The summed E-state index contributed by atoms with van der Waals surface area (Å²) in [4.78, 5) is 29.0. The van der Waals surface area contributed by atoms with Crippen molar-refractivity contribution >= 4 is 28.9 Å². The lowest BCUT2D eigenvalue weighted by molar-refractivity contribution is -0.115. The maximum absolute atomic E-state index is 12.4. The molecule has 6 nitrogen and oxygen atoms in total. The Kier molecular flexibility index (Phi) is 7.78. The van der Waals surface area contributed by atoms with E-state index >= 15 is 0 Å². The molecule has 0 saturated heterocycles. The Morgan fingerprint density at radius 2 is 1.94 bits per heavy atom. The van der Waals surface area contributed by atoms with Gasteiger partial charge in [0.1, 0.15) is 17.4 Å². The molecule has 0 aliphatic heterocycles. The van der Waals surface area contributed by atoms with Gasteiger partial charge in [-0.3, -0.25) is 4.79 Å². The van der Waals surface area contributed by atoms with E-state index in [2.05, 4.69) is 24.1 Å². The Morgan fingerprint density at radius 3 is 2.71 bits per heavy atom. The number of nitrogens with one attached hydrogen (secondary N) is 1. The van der Waals surface area contributed by atoms with Crippen molar-refractivity contribution in [3.05, 3.63) is 75.7 Å². The number of hydrogen-bond donors (Lipinski definition) is 1. The van der Waals surface area contributed by atoms with Gasteiger partial charge < -0.3 is 14.8 Å². The fourth-order valence-corrected chi connectivity index (χ4v) is 3.52. The molecule has 0 atom stereocenters. The van der Waals surface area contributed by atoms with Gasteiger partial charge in [0.05, 0.1) is 24.3 Å². The van der Waals surface area contributed by atoms with Crippen LogP contribution in [0.4, 0.5) is 5.69 Å². The van der Waals surface area contributed by atoms with Crippen LogP contribution in [0, 0.1) is 12.8 Å². The minimum absolute atomic E-state index is 0.0474. The molecule has 0 saturated carbocycles. The molecular formula is C24H26N2O4S. The van der Waals surface area contributed by atoms with E-state index in [4.69, 9.17) is 9.47 Å². The fraction of sp³-hybridized carbons (Fsp3) is 0.292. The van der Waals surface area contributed by atoms with E-state index in [9.17, 15) is 9.59 Å². The Hall–Kier alpha value is -3.19. The second-order valence-corrected chi connectivity index (χ2v) is 8.52. The first kappa shape index (κ1) is 22.5. The largest absolute Gasteiger partial charge is 0.493 e. The zero-order valence-corrected chi connectivity index (χ0v) is 18.7. The first-order chi connectivity index (χ1) is 14.9. The van der Waals surface area contributed by atoms with Crippen molar-refractivity contribution < 1.29 is 19.1 Å². The number of aromatic nitrogens is 1. The molecule has 0 aliphatic carbocycles. The molecule has 0 unspecified atom stereocenters. The van der Waals surface area contributed by atoms with Crippen molar-refractivity contribution in [3.63, 3.8) is 0 Å². The molecular weight excluding hydrogens is 412 g/mol. The standard InChI is InChI=1S/C24H26N2O4S/c1-16(2)13-29-20-9-6-8-18(11-20)24(28)30-14-19-15-31-23(25-19)12-22(27)26-21-10-5-4-7-17(21)3/h4-11,15-16H,12-14H2,1-3H3,(H,26,27). The molecule has 1 amide bonds. The number of hydrogen-bond acceptors (Lipinski definition) is 6. The van der Waals surface area contributed by atoms with Crippen LogP contribution in [0.3, 0.4) is 0 Å². The van der Waals surface area contributed by atoms with E-state index in [0.29, 0.717) is 34.5 Å². The summed E-state index contributed by atoms with van der Waals surface area (Å²) in [7, 11) is 0. The van der Waals surface area contributed by atoms with Gasteiger partial charge in [-0.25, -0.2) is 9.78 Å². The maximum Gasteiger partial charge on any atom is 0.338 e. The molecule has 0 aliphatic rings. The lowest BCUT2D eigenvalue weighted by Gasteiger charge is -2.09. The van der Waals surface area contributed by atoms with Gasteiger partial charge in [0.15, 0.2) is 0 Å². The summed E-state index contributed by atoms with van der Waals surface area (Å²) in [5, 5.41) is 5.36. The highest BCUT2D eigenvalue weighted by Gasteiger charge is 2.13. The van der Waals surface area contributed by atoms with Gasteiger partial charge in [0.25, 0.3) is 0 Å². The van der Waals surface area contributed by atoms with E-state index in [1.54, 1.807) is 23.6 Å². The Bertz CT molecular complexity index is 1050. The number of aryl methyl sites for hydroxylation is 1. The maximum atomic E-state index is 12.4. The highest BCUT2D eigenvalue weighted by molar-refractivity contribution is 7.09.